The minimum Gasteiger partial charge on any atom is -0.444 e. The predicted molar refractivity (Wildman–Crippen MR) is 156 cm³/mol. The summed E-state index contributed by atoms with van der Waals surface area (Å²) in [7, 11) is 2.08. The third-order valence-corrected chi connectivity index (χ3v) is 7.47. The topological polar surface area (TPSA) is 137 Å². The number of likely N-dealkylation sites (tertiary alicyclic amines) is 1. The largest absolute Gasteiger partial charge is 0.444 e. The first-order valence-electron chi connectivity index (χ1n) is 14.1. The molecule has 4 N–H and O–H groups in total. The number of carbonyl (C=O) groups excluding carboxylic acids is 4. The van der Waals surface area contributed by atoms with Crippen molar-refractivity contribution in [2.75, 3.05) is 6.54 Å². The minimum absolute atomic E-state index is 0.100. The quantitative estimate of drug-likeness (QED) is 0.280. The summed E-state index contributed by atoms with van der Waals surface area (Å²) in [6, 6.07) is -2.55. The molecular formula is C28H53N4O6P. The molecule has 0 radical (unpaired) electrons. The molecule has 11 heteroatoms. The number of nitrogens with zero attached hydrogens (tertiary/aromatic N) is 1. The Kier molecular flexibility index (Phi) is 13.2. The molecule has 10 nitrogen and oxygen atoms in total. The van der Waals surface area contributed by atoms with Gasteiger partial charge in [0.1, 0.15) is 17.7 Å². The molecule has 0 spiro atoms. The van der Waals surface area contributed by atoms with Crippen molar-refractivity contribution in [3.8, 4) is 0 Å². The lowest BCUT2D eigenvalue weighted by atomic mass is 9.84. The smallest absolute Gasteiger partial charge is 0.408 e. The second-order valence-electron chi connectivity index (χ2n) is 13.3. The van der Waals surface area contributed by atoms with Gasteiger partial charge < -0.3 is 30.5 Å². The van der Waals surface area contributed by atoms with Crippen molar-refractivity contribution in [1.82, 2.24) is 20.6 Å². The first-order chi connectivity index (χ1) is 17.8. The zero-order valence-electron chi connectivity index (χ0n) is 25.6. The van der Waals surface area contributed by atoms with Crippen molar-refractivity contribution in [3.05, 3.63) is 0 Å². The monoisotopic (exact) mass is 572 g/mol. The van der Waals surface area contributed by atoms with Gasteiger partial charge in [-0.05, 0) is 66.2 Å². The van der Waals surface area contributed by atoms with Crippen molar-refractivity contribution in [3.63, 3.8) is 0 Å². The van der Waals surface area contributed by atoms with Crippen LogP contribution in [0.3, 0.4) is 0 Å². The molecule has 4 amide bonds. The maximum atomic E-state index is 14.0. The fraction of sp³-hybridized carbons (Fsp3) is 0.857. The number of aliphatic hydroxyl groups is 1. The van der Waals surface area contributed by atoms with Gasteiger partial charge >= 0.3 is 6.09 Å². The summed E-state index contributed by atoms with van der Waals surface area (Å²) in [6.07, 6.45) is 0.714. The summed E-state index contributed by atoms with van der Waals surface area (Å²) in [5.41, 5.74) is -1.39. The molecule has 0 bridgehead atoms. The van der Waals surface area contributed by atoms with Gasteiger partial charge in [-0.25, -0.2) is 4.79 Å². The number of carbonyl (C=O) groups is 4. The van der Waals surface area contributed by atoms with Gasteiger partial charge in [-0.2, -0.15) is 0 Å². The number of hydrogen-bond donors (Lipinski definition) is 4. The molecule has 1 heterocycles. The van der Waals surface area contributed by atoms with E-state index < -0.39 is 53.2 Å². The van der Waals surface area contributed by atoms with Crippen molar-refractivity contribution in [2.24, 2.45) is 23.2 Å². The highest BCUT2D eigenvalue weighted by Crippen LogP contribution is 2.33. The highest BCUT2D eigenvalue weighted by Gasteiger charge is 2.48. The van der Waals surface area contributed by atoms with Crippen LogP contribution in [0.4, 0.5) is 4.79 Å². The number of nitrogens with one attached hydrogen (secondary N) is 3. The lowest BCUT2D eigenvalue weighted by Gasteiger charge is -2.37. The first-order valence-corrected chi connectivity index (χ1v) is 14.7. The van der Waals surface area contributed by atoms with Crippen molar-refractivity contribution >= 4 is 33.2 Å². The SMILES string of the molecule is CCCC(C)CC(NC(=O)[C@@H]1[C@@H](C(C)C)CCN1C(=O)[C@@H](NC(=O)OC(C)(C)C)C(C)(C)C)C(O)C(=O)NP. The zero-order valence-corrected chi connectivity index (χ0v) is 26.7. The second kappa shape index (κ2) is 14.6. The van der Waals surface area contributed by atoms with Gasteiger partial charge in [-0.15, -0.1) is 0 Å². The van der Waals surface area contributed by atoms with E-state index in [9.17, 15) is 24.3 Å². The van der Waals surface area contributed by atoms with E-state index in [1.165, 1.54) is 0 Å². The van der Waals surface area contributed by atoms with E-state index in [2.05, 4.69) is 32.0 Å². The maximum Gasteiger partial charge on any atom is 0.408 e. The molecule has 226 valence electrons. The standard InChI is InChI=1S/C28H53N4O6P/c1-11-12-17(4)15-19(21(33)24(35)31-39)29-23(34)20-18(16(2)3)13-14-32(20)25(36)22(27(5,6)7)30-26(37)38-28(8,9)10/h16-22,33H,11-15,39H2,1-10H3,(H,29,34)(H,30,37)(H,31,35)/t17?,18-,19?,20+,21?,22-/m1/s1. The van der Waals surface area contributed by atoms with Gasteiger partial charge in [0.2, 0.25) is 11.8 Å². The molecular weight excluding hydrogens is 519 g/mol. The Labute approximate surface area is 237 Å². The molecule has 0 saturated carbocycles. The van der Waals surface area contributed by atoms with Crippen LogP contribution < -0.4 is 15.7 Å². The van der Waals surface area contributed by atoms with Crippen molar-refractivity contribution in [1.29, 1.82) is 0 Å². The maximum absolute atomic E-state index is 14.0. The minimum atomic E-state index is -1.44. The number of aliphatic hydroxyl groups excluding tert-OH is 1. The molecule has 1 aliphatic heterocycles. The molecule has 0 aromatic heterocycles. The van der Waals surface area contributed by atoms with Gasteiger partial charge in [-0.1, -0.05) is 61.3 Å². The summed E-state index contributed by atoms with van der Waals surface area (Å²) in [5.74, 6) is -1.24. The van der Waals surface area contributed by atoms with Gasteiger partial charge in [0.05, 0.1) is 6.04 Å². The fourth-order valence-electron chi connectivity index (χ4n) is 5.18. The lowest BCUT2D eigenvalue weighted by Crippen LogP contribution is -2.60. The Hall–Kier alpha value is -1.93. The Bertz CT molecular complexity index is 854. The van der Waals surface area contributed by atoms with Crippen LogP contribution in [0.5, 0.6) is 0 Å². The number of ether oxygens (including phenoxy) is 1. The van der Waals surface area contributed by atoms with Crippen LogP contribution in [0, 0.1) is 23.2 Å². The molecule has 1 rings (SSSR count). The van der Waals surface area contributed by atoms with Crippen LogP contribution >= 0.6 is 9.39 Å². The van der Waals surface area contributed by atoms with Crippen molar-refractivity contribution in [2.45, 2.75) is 125 Å². The van der Waals surface area contributed by atoms with Gasteiger partial charge in [0, 0.05) is 6.54 Å². The fourth-order valence-corrected chi connectivity index (χ4v) is 5.36. The van der Waals surface area contributed by atoms with E-state index in [1.807, 2.05) is 41.5 Å². The van der Waals surface area contributed by atoms with E-state index in [4.69, 9.17) is 4.74 Å². The summed E-state index contributed by atoms with van der Waals surface area (Å²) in [4.78, 5) is 54.3. The Morgan fingerprint density at radius 3 is 2.10 bits per heavy atom. The van der Waals surface area contributed by atoms with Gasteiger partial charge in [0.15, 0.2) is 6.10 Å². The first kappa shape index (κ1) is 35.1. The average molecular weight is 573 g/mol. The molecule has 0 aliphatic carbocycles. The third-order valence-electron chi connectivity index (χ3n) is 7.18. The molecule has 1 saturated heterocycles. The van der Waals surface area contributed by atoms with Crippen LogP contribution in [0.15, 0.2) is 0 Å². The second-order valence-corrected chi connectivity index (χ2v) is 13.6. The van der Waals surface area contributed by atoms with E-state index in [-0.39, 0.29) is 23.7 Å². The molecule has 39 heavy (non-hydrogen) atoms. The average Bonchev–Trinajstić information content (AvgIpc) is 3.24. The van der Waals surface area contributed by atoms with E-state index in [0.717, 1.165) is 12.8 Å². The third kappa shape index (κ3) is 10.5. The van der Waals surface area contributed by atoms with Crippen LogP contribution in [0.25, 0.3) is 0 Å². The molecule has 1 aliphatic rings. The highest BCUT2D eigenvalue weighted by molar-refractivity contribution is 7.15. The van der Waals surface area contributed by atoms with Gasteiger partial charge in [-0.3, -0.25) is 14.4 Å². The predicted octanol–water partition coefficient (Wildman–Crippen LogP) is 3.38. The van der Waals surface area contributed by atoms with Crippen molar-refractivity contribution < 1.29 is 29.0 Å². The Morgan fingerprint density at radius 2 is 1.64 bits per heavy atom. The Balaban J connectivity index is 3.33. The zero-order chi connectivity index (χ0) is 30.3. The Morgan fingerprint density at radius 1 is 1.05 bits per heavy atom. The van der Waals surface area contributed by atoms with Crippen LogP contribution in [0.2, 0.25) is 0 Å². The molecule has 1 fully saturated rings. The van der Waals surface area contributed by atoms with Crippen LogP contribution in [-0.4, -0.2) is 70.2 Å². The summed E-state index contributed by atoms with van der Waals surface area (Å²) < 4.78 is 5.41. The normalized spacial score (nSPS) is 21.1. The molecule has 0 aromatic rings. The van der Waals surface area contributed by atoms with Crippen LogP contribution in [-0.2, 0) is 19.1 Å². The van der Waals surface area contributed by atoms with E-state index in [1.54, 1.807) is 25.7 Å². The highest BCUT2D eigenvalue weighted by atomic mass is 31.0. The summed E-state index contributed by atoms with van der Waals surface area (Å²) in [6.45, 7) is 19.2. The number of alkyl carbamates (subject to hydrolysis) is 1. The van der Waals surface area contributed by atoms with E-state index in [0.29, 0.717) is 19.4 Å². The summed E-state index contributed by atoms with van der Waals surface area (Å²) >= 11 is 0. The molecule has 7 atom stereocenters. The van der Waals surface area contributed by atoms with E-state index >= 15 is 0 Å². The molecule has 4 unspecified atom stereocenters. The number of amides is 4. The van der Waals surface area contributed by atoms with Crippen LogP contribution in [0.1, 0.15) is 94.9 Å². The lowest BCUT2D eigenvalue weighted by molar-refractivity contribution is -0.144. The molecule has 0 aromatic carbocycles. The van der Waals surface area contributed by atoms with Gasteiger partial charge in [0.25, 0.3) is 5.91 Å². The summed E-state index contributed by atoms with van der Waals surface area (Å²) in [5, 5.41) is 18.8. The number of hydrogen-bond acceptors (Lipinski definition) is 6. The number of rotatable bonds is 11.